The van der Waals surface area contributed by atoms with Crippen molar-refractivity contribution in [3.8, 4) is 5.75 Å². The normalized spacial score (nSPS) is 12.2. The highest BCUT2D eigenvalue weighted by molar-refractivity contribution is 9.10. The van der Waals surface area contributed by atoms with E-state index >= 15 is 0 Å². The van der Waals surface area contributed by atoms with Crippen molar-refractivity contribution >= 4 is 27.5 Å². The minimum Gasteiger partial charge on any atom is -0.497 e. The van der Waals surface area contributed by atoms with Gasteiger partial charge in [-0.3, -0.25) is 0 Å². The fourth-order valence-electron chi connectivity index (χ4n) is 2.06. The highest BCUT2D eigenvalue weighted by atomic mass is 79.9. The molecule has 0 radical (unpaired) electrons. The van der Waals surface area contributed by atoms with Gasteiger partial charge in [0.05, 0.1) is 13.2 Å². The van der Waals surface area contributed by atoms with E-state index in [0.717, 1.165) is 26.4 Å². The van der Waals surface area contributed by atoms with Crippen LogP contribution in [0.4, 0.5) is 0 Å². The van der Waals surface area contributed by atoms with Crippen molar-refractivity contribution in [2.24, 2.45) is 0 Å². The maximum absolute atomic E-state index is 6.09. The van der Waals surface area contributed by atoms with Gasteiger partial charge in [0.2, 0.25) is 0 Å². The van der Waals surface area contributed by atoms with Gasteiger partial charge in [0.25, 0.3) is 0 Å². The van der Waals surface area contributed by atoms with Gasteiger partial charge >= 0.3 is 0 Å². The van der Waals surface area contributed by atoms with Crippen LogP contribution >= 0.6 is 27.5 Å². The molecule has 2 aromatic rings. The lowest BCUT2D eigenvalue weighted by atomic mass is 9.99. The van der Waals surface area contributed by atoms with Gasteiger partial charge in [-0.2, -0.15) is 0 Å². The number of hydrogen-bond acceptors (Lipinski definition) is 2. The minimum absolute atomic E-state index is 0.0585. The predicted octanol–water partition coefficient (Wildman–Crippen LogP) is 4.42. The number of benzene rings is 2. The quantitative estimate of drug-likeness (QED) is 0.889. The lowest BCUT2D eigenvalue weighted by Crippen LogP contribution is -2.18. The maximum atomic E-state index is 6.09. The first kappa shape index (κ1) is 14.4. The molecule has 2 nitrogen and oxygen atoms in total. The summed E-state index contributed by atoms with van der Waals surface area (Å²) in [6, 6.07) is 13.9. The van der Waals surface area contributed by atoms with E-state index in [9.17, 15) is 0 Å². The predicted molar refractivity (Wildman–Crippen MR) is 83.0 cm³/mol. The van der Waals surface area contributed by atoms with Crippen molar-refractivity contribution in [1.82, 2.24) is 5.32 Å². The fraction of sp³-hybridized carbons (Fsp3) is 0.200. The minimum atomic E-state index is 0.0585. The smallest absolute Gasteiger partial charge is 0.119 e. The maximum Gasteiger partial charge on any atom is 0.119 e. The molecule has 0 amide bonds. The molecule has 100 valence electrons. The molecule has 0 saturated carbocycles. The summed E-state index contributed by atoms with van der Waals surface area (Å²) >= 11 is 9.67. The molecule has 0 aliphatic rings. The van der Waals surface area contributed by atoms with Gasteiger partial charge in [0, 0.05) is 9.50 Å². The SMILES string of the molecule is CNC(c1cccc(OC)c1)c1cc(Cl)ccc1Br. The van der Waals surface area contributed by atoms with Crippen LogP contribution in [0, 0.1) is 0 Å². The van der Waals surface area contributed by atoms with E-state index in [-0.39, 0.29) is 6.04 Å². The number of ether oxygens (including phenoxy) is 1. The number of rotatable bonds is 4. The molecule has 0 heterocycles. The van der Waals surface area contributed by atoms with Crippen molar-refractivity contribution in [3.05, 3.63) is 63.1 Å². The molecule has 0 bridgehead atoms. The molecule has 0 spiro atoms. The summed E-state index contributed by atoms with van der Waals surface area (Å²) in [5, 5.41) is 4.03. The van der Waals surface area contributed by atoms with E-state index in [2.05, 4.69) is 27.3 Å². The molecule has 0 aromatic heterocycles. The molecule has 0 aliphatic heterocycles. The summed E-state index contributed by atoms with van der Waals surface area (Å²) in [5.41, 5.74) is 2.23. The van der Waals surface area contributed by atoms with Crippen LogP contribution in [0.3, 0.4) is 0 Å². The van der Waals surface area contributed by atoms with E-state index in [1.54, 1.807) is 7.11 Å². The Morgan fingerprint density at radius 2 is 2.00 bits per heavy atom. The van der Waals surface area contributed by atoms with Crippen LogP contribution in [-0.4, -0.2) is 14.2 Å². The number of hydrogen-bond donors (Lipinski definition) is 1. The lowest BCUT2D eigenvalue weighted by molar-refractivity contribution is 0.414. The third kappa shape index (κ3) is 3.30. The molecular formula is C15H15BrClNO. The topological polar surface area (TPSA) is 21.3 Å². The number of nitrogens with one attached hydrogen (secondary N) is 1. The zero-order valence-corrected chi connectivity index (χ0v) is 13.1. The third-order valence-corrected chi connectivity index (χ3v) is 3.94. The van der Waals surface area contributed by atoms with Gasteiger partial charge in [0.1, 0.15) is 5.75 Å². The summed E-state index contributed by atoms with van der Waals surface area (Å²) in [6.07, 6.45) is 0. The highest BCUT2D eigenvalue weighted by Crippen LogP contribution is 2.31. The molecular weight excluding hydrogens is 326 g/mol. The molecule has 0 fully saturated rings. The molecule has 0 aliphatic carbocycles. The second kappa shape index (κ2) is 6.42. The average Bonchev–Trinajstić information content (AvgIpc) is 2.44. The average molecular weight is 341 g/mol. The largest absolute Gasteiger partial charge is 0.497 e. The van der Waals surface area contributed by atoms with E-state index in [4.69, 9.17) is 16.3 Å². The Morgan fingerprint density at radius 1 is 1.21 bits per heavy atom. The van der Waals surface area contributed by atoms with E-state index < -0.39 is 0 Å². The van der Waals surface area contributed by atoms with Gasteiger partial charge in [-0.15, -0.1) is 0 Å². The van der Waals surface area contributed by atoms with Gasteiger partial charge in [-0.1, -0.05) is 39.7 Å². The Balaban J connectivity index is 2.46. The van der Waals surface area contributed by atoms with Crippen LogP contribution in [0.25, 0.3) is 0 Å². The summed E-state index contributed by atoms with van der Waals surface area (Å²) < 4.78 is 6.30. The Hall–Kier alpha value is -1.03. The summed E-state index contributed by atoms with van der Waals surface area (Å²) in [6.45, 7) is 0. The van der Waals surface area contributed by atoms with Crippen LogP contribution in [0.2, 0.25) is 5.02 Å². The summed E-state index contributed by atoms with van der Waals surface area (Å²) in [7, 11) is 3.60. The van der Waals surface area contributed by atoms with E-state index in [0.29, 0.717) is 0 Å². The van der Waals surface area contributed by atoms with Crippen LogP contribution < -0.4 is 10.1 Å². The summed E-state index contributed by atoms with van der Waals surface area (Å²) in [5.74, 6) is 0.843. The van der Waals surface area contributed by atoms with Crippen LogP contribution in [0.1, 0.15) is 17.2 Å². The molecule has 2 aromatic carbocycles. The molecule has 19 heavy (non-hydrogen) atoms. The standard InChI is InChI=1S/C15H15BrClNO/c1-18-15(10-4-3-5-12(8-10)19-2)13-9-11(17)6-7-14(13)16/h3-9,15,18H,1-2H3. The first-order chi connectivity index (χ1) is 9.15. The molecule has 0 saturated heterocycles. The Kier molecular flexibility index (Phi) is 4.86. The van der Waals surface area contributed by atoms with Crippen molar-refractivity contribution in [3.63, 3.8) is 0 Å². The van der Waals surface area contributed by atoms with Crippen molar-refractivity contribution in [1.29, 1.82) is 0 Å². The van der Waals surface area contributed by atoms with Gasteiger partial charge in [-0.25, -0.2) is 0 Å². The second-order valence-corrected chi connectivity index (χ2v) is 5.45. The molecule has 1 unspecified atom stereocenters. The monoisotopic (exact) mass is 339 g/mol. The van der Waals surface area contributed by atoms with E-state index in [1.165, 1.54) is 0 Å². The molecule has 1 atom stereocenters. The zero-order valence-electron chi connectivity index (χ0n) is 10.8. The first-order valence-corrected chi connectivity index (χ1v) is 7.09. The second-order valence-electron chi connectivity index (χ2n) is 4.16. The van der Waals surface area contributed by atoms with Crippen LogP contribution in [0.15, 0.2) is 46.9 Å². The van der Waals surface area contributed by atoms with Crippen LogP contribution in [0.5, 0.6) is 5.75 Å². The van der Waals surface area contributed by atoms with Crippen LogP contribution in [-0.2, 0) is 0 Å². The summed E-state index contributed by atoms with van der Waals surface area (Å²) in [4.78, 5) is 0. The molecule has 4 heteroatoms. The molecule has 1 N–H and O–H groups in total. The first-order valence-electron chi connectivity index (χ1n) is 5.92. The van der Waals surface area contributed by atoms with Crippen molar-refractivity contribution in [2.75, 3.05) is 14.2 Å². The third-order valence-electron chi connectivity index (χ3n) is 2.98. The van der Waals surface area contributed by atoms with Gasteiger partial charge in [0.15, 0.2) is 0 Å². The van der Waals surface area contributed by atoms with Crippen molar-refractivity contribution < 1.29 is 4.74 Å². The number of methoxy groups -OCH3 is 1. The Labute approximate surface area is 126 Å². The Bertz CT molecular complexity index is 574. The lowest BCUT2D eigenvalue weighted by Gasteiger charge is -2.19. The van der Waals surface area contributed by atoms with Gasteiger partial charge in [-0.05, 0) is 48.5 Å². The van der Waals surface area contributed by atoms with Crippen molar-refractivity contribution in [2.45, 2.75) is 6.04 Å². The highest BCUT2D eigenvalue weighted by Gasteiger charge is 2.15. The molecule has 2 rings (SSSR count). The Morgan fingerprint density at radius 3 is 2.68 bits per heavy atom. The number of halogens is 2. The van der Waals surface area contributed by atoms with Gasteiger partial charge < -0.3 is 10.1 Å². The zero-order chi connectivity index (χ0) is 13.8. The van der Waals surface area contributed by atoms with E-state index in [1.807, 2.05) is 43.4 Å². The fourth-order valence-corrected chi connectivity index (χ4v) is 2.71.